The van der Waals surface area contributed by atoms with E-state index in [-0.39, 0.29) is 24.0 Å². The molecular weight excluding hydrogens is 286 g/mol. The van der Waals surface area contributed by atoms with E-state index in [0.717, 1.165) is 0 Å². The molecule has 0 heterocycles. The summed E-state index contributed by atoms with van der Waals surface area (Å²) >= 11 is 1.28. The summed E-state index contributed by atoms with van der Waals surface area (Å²) in [4.78, 5) is 42.8. The van der Waals surface area contributed by atoms with E-state index in [0.29, 0.717) is 25.3 Å². The average Bonchev–Trinajstić information content (AvgIpc) is 2.37. The van der Waals surface area contributed by atoms with Gasteiger partial charge >= 0.3 is 5.97 Å². The van der Waals surface area contributed by atoms with Crippen LogP contribution in [0.2, 0.25) is 0 Å². The van der Waals surface area contributed by atoms with Gasteiger partial charge in [-0.2, -0.15) is 11.8 Å². The van der Waals surface area contributed by atoms with Gasteiger partial charge in [0.2, 0.25) is 18.2 Å². The first-order valence-corrected chi connectivity index (χ1v) is 7.14. The average molecular weight is 305 g/mol. The van der Waals surface area contributed by atoms with Crippen molar-refractivity contribution in [2.45, 2.75) is 19.4 Å². The number of carbonyl (C=O) groups excluding carboxylic acids is 3. The maximum absolute atomic E-state index is 11.4. The lowest BCUT2D eigenvalue weighted by atomic mass is 10.2. The van der Waals surface area contributed by atoms with Gasteiger partial charge in [-0.3, -0.25) is 14.4 Å². The molecule has 0 fully saturated rings. The topological polar surface area (TPSA) is 125 Å². The predicted molar refractivity (Wildman–Crippen MR) is 74.3 cm³/mol. The number of aliphatic carboxylic acids is 1. The molecule has 1 atom stereocenters. The third-order valence-electron chi connectivity index (χ3n) is 2.17. The summed E-state index contributed by atoms with van der Waals surface area (Å²) < 4.78 is 0. The van der Waals surface area contributed by atoms with Crippen LogP contribution in [0.1, 0.15) is 13.3 Å². The van der Waals surface area contributed by atoms with Crippen LogP contribution >= 0.6 is 11.8 Å². The van der Waals surface area contributed by atoms with E-state index in [9.17, 15) is 19.2 Å². The molecule has 0 aliphatic rings. The Morgan fingerprint density at radius 1 is 1.25 bits per heavy atom. The summed E-state index contributed by atoms with van der Waals surface area (Å²) in [5, 5.41) is 16.1. The zero-order chi connectivity index (χ0) is 15.4. The molecule has 114 valence electrons. The van der Waals surface area contributed by atoms with Crippen LogP contribution < -0.4 is 16.0 Å². The monoisotopic (exact) mass is 305 g/mol. The van der Waals surface area contributed by atoms with Gasteiger partial charge in [0, 0.05) is 20.0 Å². The summed E-state index contributed by atoms with van der Waals surface area (Å²) in [6.45, 7) is 2.11. The Morgan fingerprint density at radius 3 is 2.45 bits per heavy atom. The first-order valence-electron chi connectivity index (χ1n) is 5.98. The fraction of sp³-hybridized carbons (Fsp3) is 0.636. The van der Waals surface area contributed by atoms with Gasteiger partial charge in [-0.1, -0.05) is 0 Å². The van der Waals surface area contributed by atoms with Gasteiger partial charge in [0.05, 0.1) is 5.75 Å². The van der Waals surface area contributed by atoms with Crippen molar-refractivity contribution in [3.8, 4) is 0 Å². The molecule has 0 aliphatic carbocycles. The zero-order valence-electron chi connectivity index (χ0n) is 11.2. The van der Waals surface area contributed by atoms with Crippen LogP contribution in [-0.4, -0.2) is 59.9 Å². The second-order valence-electron chi connectivity index (χ2n) is 3.85. The lowest BCUT2D eigenvalue weighted by molar-refractivity contribution is -0.140. The number of carbonyl (C=O) groups is 4. The molecule has 0 saturated heterocycles. The minimum absolute atomic E-state index is 0.156. The number of amides is 3. The molecule has 9 heteroatoms. The minimum atomic E-state index is -1.10. The fourth-order valence-corrected chi connectivity index (χ4v) is 2.05. The Balaban J connectivity index is 3.62. The van der Waals surface area contributed by atoms with Gasteiger partial charge in [-0.25, -0.2) is 4.79 Å². The molecule has 0 bridgehead atoms. The highest BCUT2D eigenvalue weighted by atomic mass is 32.2. The van der Waals surface area contributed by atoms with Crippen molar-refractivity contribution in [3.63, 3.8) is 0 Å². The van der Waals surface area contributed by atoms with E-state index >= 15 is 0 Å². The molecule has 3 amide bonds. The minimum Gasteiger partial charge on any atom is -0.480 e. The third kappa shape index (κ3) is 10.2. The molecule has 0 rings (SSSR count). The smallest absolute Gasteiger partial charge is 0.326 e. The molecule has 8 nitrogen and oxygen atoms in total. The Kier molecular flexibility index (Phi) is 10.1. The molecule has 0 radical (unpaired) electrons. The molecule has 0 saturated carbocycles. The second kappa shape index (κ2) is 11.1. The zero-order valence-corrected chi connectivity index (χ0v) is 12.0. The van der Waals surface area contributed by atoms with E-state index in [2.05, 4.69) is 16.0 Å². The molecule has 1 unspecified atom stereocenters. The van der Waals surface area contributed by atoms with Crippen molar-refractivity contribution in [1.82, 2.24) is 16.0 Å². The van der Waals surface area contributed by atoms with Crippen molar-refractivity contribution < 1.29 is 24.3 Å². The number of carboxylic acids is 1. The number of nitrogens with one attached hydrogen (secondary N) is 3. The SMILES string of the molecule is CC(=O)NCCNC(=O)CSCCC(NC=O)C(=O)O. The van der Waals surface area contributed by atoms with E-state index in [4.69, 9.17) is 5.11 Å². The summed E-state index contributed by atoms with van der Waals surface area (Å²) in [6, 6.07) is -0.928. The van der Waals surface area contributed by atoms with Crippen LogP contribution in [0.25, 0.3) is 0 Å². The van der Waals surface area contributed by atoms with Crippen LogP contribution in [0.5, 0.6) is 0 Å². The maximum Gasteiger partial charge on any atom is 0.326 e. The Morgan fingerprint density at radius 2 is 1.90 bits per heavy atom. The lowest BCUT2D eigenvalue weighted by Gasteiger charge is -2.10. The van der Waals surface area contributed by atoms with Crippen molar-refractivity contribution >= 4 is 36.0 Å². The lowest BCUT2D eigenvalue weighted by Crippen LogP contribution is -2.36. The van der Waals surface area contributed by atoms with Crippen molar-refractivity contribution in [3.05, 3.63) is 0 Å². The summed E-state index contributed by atoms with van der Waals surface area (Å²) in [7, 11) is 0. The van der Waals surface area contributed by atoms with Crippen LogP contribution in [0.4, 0.5) is 0 Å². The highest BCUT2D eigenvalue weighted by molar-refractivity contribution is 7.99. The molecule has 0 aliphatic heterocycles. The molecule has 0 spiro atoms. The number of rotatable bonds is 11. The molecule has 4 N–H and O–H groups in total. The Hall–Kier alpha value is -1.77. The summed E-state index contributed by atoms with van der Waals surface area (Å²) in [5.74, 6) is -0.797. The predicted octanol–water partition coefficient (Wildman–Crippen LogP) is -1.44. The normalized spacial score (nSPS) is 11.2. The molecule has 20 heavy (non-hydrogen) atoms. The number of thioether (sulfide) groups is 1. The first-order chi connectivity index (χ1) is 9.47. The van der Waals surface area contributed by atoms with Crippen molar-refractivity contribution in [2.24, 2.45) is 0 Å². The summed E-state index contributed by atoms with van der Waals surface area (Å²) in [5.41, 5.74) is 0. The van der Waals surface area contributed by atoms with E-state index < -0.39 is 12.0 Å². The highest BCUT2D eigenvalue weighted by Gasteiger charge is 2.15. The standard InChI is InChI=1S/C11H19N3O5S/c1-8(16)12-3-4-13-10(17)6-20-5-2-9(11(18)19)14-7-15/h7,9H,2-6H2,1H3,(H,12,16)(H,13,17)(H,14,15)(H,18,19). The molecular formula is C11H19N3O5S. The van der Waals surface area contributed by atoms with Crippen LogP contribution in [0, 0.1) is 0 Å². The van der Waals surface area contributed by atoms with Crippen LogP contribution in [0.15, 0.2) is 0 Å². The van der Waals surface area contributed by atoms with Gasteiger partial charge in [-0.15, -0.1) is 0 Å². The molecule has 0 aromatic rings. The molecule has 0 aromatic heterocycles. The number of hydrogen-bond acceptors (Lipinski definition) is 5. The summed E-state index contributed by atoms with van der Waals surface area (Å²) in [6.07, 6.45) is 0.593. The van der Waals surface area contributed by atoms with Crippen LogP contribution in [0.3, 0.4) is 0 Å². The Labute approximate surface area is 121 Å². The second-order valence-corrected chi connectivity index (χ2v) is 4.95. The van der Waals surface area contributed by atoms with Crippen molar-refractivity contribution in [2.75, 3.05) is 24.6 Å². The molecule has 0 aromatic carbocycles. The van der Waals surface area contributed by atoms with Gasteiger partial charge in [0.1, 0.15) is 6.04 Å². The van der Waals surface area contributed by atoms with Crippen LogP contribution in [-0.2, 0) is 19.2 Å². The van der Waals surface area contributed by atoms with Gasteiger partial charge in [-0.05, 0) is 12.2 Å². The quantitative estimate of drug-likeness (QED) is 0.274. The Bertz CT molecular complexity index is 351. The number of hydrogen-bond donors (Lipinski definition) is 4. The van der Waals surface area contributed by atoms with E-state index in [1.165, 1.54) is 18.7 Å². The van der Waals surface area contributed by atoms with Gasteiger partial charge in [0.25, 0.3) is 0 Å². The first kappa shape index (κ1) is 18.2. The maximum atomic E-state index is 11.4. The number of carboxylic acid groups (broad SMARTS) is 1. The van der Waals surface area contributed by atoms with Crippen molar-refractivity contribution in [1.29, 1.82) is 0 Å². The fourth-order valence-electron chi connectivity index (χ4n) is 1.22. The third-order valence-corrected chi connectivity index (χ3v) is 3.16. The van der Waals surface area contributed by atoms with E-state index in [1.54, 1.807) is 0 Å². The highest BCUT2D eigenvalue weighted by Crippen LogP contribution is 2.04. The van der Waals surface area contributed by atoms with Gasteiger partial charge in [0.15, 0.2) is 0 Å². The largest absolute Gasteiger partial charge is 0.480 e. The van der Waals surface area contributed by atoms with E-state index in [1.807, 2.05) is 0 Å². The van der Waals surface area contributed by atoms with Gasteiger partial charge < -0.3 is 21.1 Å².